The molecule has 1 unspecified atom stereocenters. The van der Waals surface area contributed by atoms with Crippen molar-refractivity contribution in [3.8, 4) is 11.5 Å². The minimum Gasteiger partial charge on any atom is -0.457 e. The summed E-state index contributed by atoms with van der Waals surface area (Å²) in [5, 5.41) is 11.1. The second-order valence-electron chi connectivity index (χ2n) is 6.10. The van der Waals surface area contributed by atoms with Gasteiger partial charge in [0.1, 0.15) is 17.0 Å². The lowest BCUT2D eigenvalue weighted by atomic mass is 10.1. The molecular formula is C18H20N2O6S. The molecule has 0 spiro atoms. The summed E-state index contributed by atoms with van der Waals surface area (Å²) in [4.78, 5) is 23.2. The lowest BCUT2D eigenvalue weighted by Crippen LogP contribution is -2.59. The number of carbonyl (C=O) groups is 2. The third kappa shape index (κ3) is 5.28. The number of hydrogen-bond acceptors (Lipinski definition) is 6. The number of carbonyl (C=O) groups excluding carboxylic acids is 2. The van der Waals surface area contributed by atoms with Gasteiger partial charge in [0.25, 0.3) is 5.91 Å². The molecule has 0 aliphatic heterocycles. The quantitative estimate of drug-likeness (QED) is 0.487. The van der Waals surface area contributed by atoms with Gasteiger partial charge in [0.15, 0.2) is 9.84 Å². The van der Waals surface area contributed by atoms with E-state index in [0.717, 1.165) is 6.92 Å². The zero-order chi connectivity index (χ0) is 20.1. The first-order valence-electron chi connectivity index (χ1n) is 7.95. The Morgan fingerprint density at radius 3 is 2.11 bits per heavy atom. The van der Waals surface area contributed by atoms with E-state index in [9.17, 15) is 18.0 Å². The van der Waals surface area contributed by atoms with Gasteiger partial charge < -0.3 is 10.1 Å². The van der Waals surface area contributed by atoms with Crippen molar-refractivity contribution in [1.29, 1.82) is 0 Å². The highest BCUT2D eigenvalue weighted by molar-refractivity contribution is 7.91. The van der Waals surface area contributed by atoms with Gasteiger partial charge >= 0.3 is 0 Å². The fourth-order valence-electron chi connectivity index (χ4n) is 2.47. The molecule has 0 aromatic heterocycles. The van der Waals surface area contributed by atoms with Gasteiger partial charge in [0.05, 0.1) is 10.6 Å². The number of hydroxylamine groups is 1. The summed E-state index contributed by atoms with van der Waals surface area (Å²) in [7, 11) is -3.95. The highest BCUT2D eigenvalue weighted by Gasteiger charge is 2.39. The zero-order valence-corrected chi connectivity index (χ0v) is 15.6. The Hall–Kier alpha value is -2.91. The van der Waals surface area contributed by atoms with Gasteiger partial charge in [-0.05, 0) is 43.3 Å². The molecule has 0 radical (unpaired) electrons. The molecule has 0 saturated heterocycles. The maximum Gasteiger partial charge on any atom is 0.269 e. The Morgan fingerprint density at radius 1 is 1.04 bits per heavy atom. The van der Waals surface area contributed by atoms with Gasteiger partial charge in [0, 0.05) is 6.92 Å². The van der Waals surface area contributed by atoms with Crippen LogP contribution in [0.1, 0.15) is 13.8 Å². The molecule has 1 atom stereocenters. The molecule has 0 aliphatic rings. The van der Waals surface area contributed by atoms with Crippen LogP contribution in [-0.2, 0) is 19.4 Å². The average molecular weight is 392 g/mol. The van der Waals surface area contributed by atoms with E-state index >= 15 is 0 Å². The highest BCUT2D eigenvalue weighted by atomic mass is 32.2. The summed E-state index contributed by atoms with van der Waals surface area (Å²) < 4.78 is 30.9. The van der Waals surface area contributed by atoms with Crippen LogP contribution in [0.5, 0.6) is 11.5 Å². The maximum absolute atomic E-state index is 12.7. The Kier molecular flexibility index (Phi) is 6.19. The Morgan fingerprint density at radius 2 is 1.59 bits per heavy atom. The molecule has 2 amide bonds. The van der Waals surface area contributed by atoms with Crippen molar-refractivity contribution in [2.75, 3.05) is 5.75 Å². The molecule has 0 fully saturated rings. The summed E-state index contributed by atoms with van der Waals surface area (Å²) in [6.45, 7) is 2.36. The van der Waals surface area contributed by atoms with Crippen LogP contribution in [-0.4, -0.2) is 36.7 Å². The normalized spacial score (nSPS) is 13.3. The van der Waals surface area contributed by atoms with E-state index in [-0.39, 0.29) is 4.90 Å². The number of rotatable bonds is 7. The molecule has 0 heterocycles. The summed E-state index contributed by atoms with van der Waals surface area (Å²) in [5.74, 6) is -1.33. The van der Waals surface area contributed by atoms with Gasteiger partial charge in [-0.15, -0.1) is 0 Å². The third-order valence-electron chi connectivity index (χ3n) is 3.70. The summed E-state index contributed by atoms with van der Waals surface area (Å²) in [6, 6.07) is 14.7. The van der Waals surface area contributed by atoms with Crippen LogP contribution >= 0.6 is 0 Å². The van der Waals surface area contributed by atoms with Gasteiger partial charge in [-0.25, -0.2) is 13.9 Å². The van der Waals surface area contributed by atoms with Crippen molar-refractivity contribution in [1.82, 2.24) is 10.8 Å². The van der Waals surface area contributed by atoms with E-state index in [0.29, 0.717) is 11.5 Å². The predicted octanol–water partition coefficient (Wildman–Crippen LogP) is 1.65. The molecule has 2 aromatic rings. The number of hydrogen-bond donors (Lipinski definition) is 3. The molecule has 0 bridgehead atoms. The number of amides is 2. The van der Waals surface area contributed by atoms with E-state index in [1.807, 2.05) is 18.2 Å². The second-order valence-corrected chi connectivity index (χ2v) is 8.09. The smallest absolute Gasteiger partial charge is 0.269 e. The SMILES string of the molecule is CC(=O)NC(C)(CS(=O)(=O)c1ccc(Oc2ccccc2)cc1)C(=O)NO. The first-order chi connectivity index (χ1) is 12.7. The van der Waals surface area contributed by atoms with Gasteiger partial charge in [0.2, 0.25) is 5.91 Å². The van der Waals surface area contributed by atoms with E-state index in [4.69, 9.17) is 9.94 Å². The molecule has 2 aromatic carbocycles. The van der Waals surface area contributed by atoms with E-state index in [1.54, 1.807) is 12.1 Å². The lowest BCUT2D eigenvalue weighted by Gasteiger charge is -2.27. The molecule has 2 rings (SSSR count). The minimum absolute atomic E-state index is 0.0507. The number of benzene rings is 2. The Labute approximate surface area is 157 Å². The molecule has 9 heteroatoms. The predicted molar refractivity (Wildman–Crippen MR) is 97.2 cm³/mol. The topological polar surface area (TPSA) is 122 Å². The Balaban J connectivity index is 2.22. The monoisotopic (exact) mass is 392 g/mol. The van der Waals surface area contributed by atoms with Crippen LogP contribution < -0.4 is 15.5 Å². The molecule has 8 nitrogen and oxygen atoms in total. The van der Waals surface area contributed by atoms with E-state index < -0.39 is 32.9 Å². The molecule has 0 saturated carbocycles. The fraction of sp³-hybridized carbons (Fsp3) is 0.222. The zero-order valence-electron chi connectivity index (χ0n) is 14.8. The number of sulfone groups is 1. The lowest BCUT2D eigenvalue weighted by molar-refractivity contribution is -0.137. The average Bonchev–Trinajstić information content (AvgIpc) is 2.61. The molecular weight excluding hydrogens is 372 g/mol. The number of nitrogens with one attached hydrogen (secondary N) is 2. The summed E-state index contributed by atoms with van der Waals surface area (Å²) >= 11 is 0. The molecule has 144 valence electrons. The minimum atomic E-state index is -3.95. The number of ether oxygens (including phenoxy) is 1. The first kappa shape index (κ1) is 20.4. The van der Waals surface area contributed by atoms with Crippen LogP contribution in [0.25, 0.3) is 0 Å². The van der Waals surface area contributed by atoms with Gasteiger partial charge in [-0.1, -0.05) is 18.2 Å². The van der Waals surface area contributed by atoms with Crippen molar-refractivity contribution in [2.24, 2.45) is 0 Å². The highest BCUT2D eigenvalue weighted by Crippen LogP contribution is 2.24. The standard InChI is InChI=1S/C18H20N2O6S/c1-13(21)19-18(2,17(22)20-23)12-27(24,25)16-10-8-15(9-11-16)26-14-6-4-3-5-7-14/h3-11,23H,12H2,1-2H3,(H,19,21)(H,20,22). The van der Waals surface area contributed by atoms with Crippen LogP contribution in [0.15, 0.2) is 59.5 Å². The van der Waals surface area contributed by atoms with Gasteiger partial charge in [-0.2, -0.15) is 0 Å². The Bertz CT molecular complexity index is 913. The fourth-order valence-corrected chi connectivity index (χ4v) is 4.15. The van der Waals surface area contributed by atoms with Crippen molar-refractivity contribution in [2.45, 2.75) is 24.3 Å². The number of para-hydroxylation sites is 1. The van der Waals surface area contributed by atoms with Crippen LogP contribution in [0, 0.1) is 0 Å². The largest absolute Gasteiger partial charge is 0.457 e. The molecule has 27 heavy (non-hydrogen) atoms. The second kappa shape index (κ2) is 8.19. The van der Waals surface area contributed by atoms with Crippen molar-refractivity contribution in [3.05, 3.63) is 54.6 Å². The van der Waals surface area contributed by atoms with Crippen LogP contribution in [0.3, 0.4) is 0 Å². The van der Waals surface area contributed by atoms with Crippen molar-refractivity contribution >= 4 is 21.7 Å². The third-order valence-corrected chi connectivity index (χ3v) is 5.64. The maximum atomic E-state index is 12.7. The van der Waals surface area contributed by atoms with Crippen molar-refractivity contribution < 1.29 is 28.0 Å². The summed E-state index contributed by atoms with van der Waals surface area (Å²) in [6.07, 6.45) is 0. The summed E-state index contributed by atoms with van der Waals surface area (Å²) in [5.41, 5.74) is -0.451. The van der Waals surface area contributed by atoms with Crippen LogP contribution in [0.4, 0.5) is 0 Å². The molecule has 3 N–H and O–H groups in total. The molecule has 0 aliphatic carbocycles. The van der Waals surface area contributed by atoms with Crippen LogP contribution in [0.2, 0.25) is 0 Å². The van der Waals surface area contributed by atoms with E-state index in [2.05, 4.69) is 5.32 Å². The first-order valence-corrected chi connectivity index (χ1v) is 9.60. The van der Waals surface area contributed by atoms with Gasteiger partial charge in [-0.3, -0.25) is 14.8 Å². The van der Waals surface area contributed by atoms with Crippen molar-refractivity contribution in [3.63, 3.8) is 0 Å². The van der Waals surface area contributed by atoms with E-state index in [1.165, 1.54) is 36.7 Å².